The van der Waals surface area contributed by atoms with Crippen LogP contribution >= 0.6 is 0 Å². The summed E-state index contributed by atoms with van der Waals surface area (Å²) in [6.45, 7) is 8.58. The molecule has 1 aliphatic rings. The van der Waals surface area contributed by atoms with Crippen molar-refractivity contribution in [2.75, 3.05) is 0 Å². The molecule has 0 saturated heterocycles. The zero-order valence-electron chi connectivity index (χ0n) is 15.5. The van der Waals surface area contributed by atoms with Gasteiger partial charge in [0, 0.05) is 6.20 Å². The Balaban J connectivity index is 1.77. The molecule has 1 aliphatic carbocycles. The Kier molecular flexibility index (Phi) is 4.88. The van der Waals surface area contributed by atoms with E-state index in [2.05, 4.69) is 41.4 Å². The molecular formula is C19H27N5O. The van der Waals surface area contributed by atoms with E-state index in [-0.39, 0.29) is 23.9 Å². The molecule has 25 heavy (non-hydrogen) atoms. The van der Waals surface area contributed by atoms with Crippen molar-refractivity contribution in [1.29, 1.82) is 0 Å². The van der Waals surface area contributed by atoms with Gasteiger partial charge in [0.15, 0.2) is 0 Å². The van der Waals surface area contributed by atoms with Gasteiger partial charge in [-0.05, 0) is 49.7 Å². The summed E-state index contributed by atoms with van der Waals surface area (Å²) >= 11 is 0. The molecule has 1 atom stereocenters. The lowest BCUT2D eigenvalue weighted by atomic mass is 9.83. The van der Waals surface area contributed by atoms with Gasteiger partial charge in [-0.15, -0.1) is 5.10 Å². The van der Waals surface area contributed by atoms with Crippen molar-refractivity contribution in [1.82, 2.24) is 25.3 Å². The van der Waals surface area contributed by atoms with Gasteiger partial charge in [-0.3, -0.25) is 9.78 Å². The van der Waals surface area contributed by atoms with Crippen LogP contribution in [0.2, 0.25) is 0 Å². The molecule has 0 aliphatic heterocycles. The first-order chi connectivity index (χ1) is 11.9. The molecule has 2 aromatic heterocycles. The fraction of sp³-hybridized carbons (Fsp3) is 0.579. The third-order valence-electron chi connectivity index (χ3n) is 4.78. The lowest BCUT2D eigenvalue weighted by molar-refractivity contribution is -0.123. The van der Waals surface area contributed by atoms with Gasteiger partial charge in [-0.2, -0.15) is 0 Å². The van der Waals surface area contributed by atoms with Gasteiger partial charge in [0.05, 0.1) is 23.1 Å². The van der Waals surface area contributed by atoms with Gasteiger partial charge >= 0.3 is 0 Å². The number of nitrogens with zero attached hydrogens (tertiary/aromatic N) is 4. The van der Waals surface area contributed by atoms with Crippen LogP contribution in [0.15, 0.2) is 18.3 Å². The molecule has 0 saturated carbocycles. The van der Waals surface area contributed by atoms with Crippen molar-refractivity contribution in [3.05, 3.63) is 41.0 Å². The second kappa shape index (κ2) is 6.94. The number of carbonyl (C=O) groups excluding carboxylic acids is 1. The van der Waals surface area contributed by atoms with E-state index in [1.54, 1.807) is 10.9 Å². The fourth-order valence-electron chi connectivity index (χ4n) is 3.39. The van der Waals surface area contributed by atoms with E-state index >= 15 is 0 Å². The number of hydrogen-bond donors (Lipinski definition) is 1. The van der Waals surface area contributed by atoms with Crippen LogP contribution < -0.4 is 5.32 Å². The SMILES string of the molecule is Cc1cccnc1C(NC(=O)Cn1nnc2c1CCCC2)C(C)(C)C. The number of amides is 1. The van der Waals surface area contributed by atoms with Crippen LogP contribution in [0, 0.1) is 12.3 Å². The summed E-state index contributed by atoms with van der Waals surface area (Å²) in [4.78, 5) is 17.2. The summed E-state index contributed by atoms with van der Waals surface area (Å²) in [5.41, 5.74) is 4.02. The number of aromatic nitrogens is 4. The number of carbonyl (C=O) groups is 1. The van der Waals surface area contributed by atoms with Crippen LogP contribution in [0.3, 0.4) is 0 Å². The van der Waals surface area contributed by atoms with Crippen LogP contribution in [0.4, 0.5) is 0 Å². The summed E-state index contributed by atoms with van der Waals surface area (Å²) in [5.74, 6) is -0.0525. The molecule has 2 heterocycles. The molecule has 1 N–H and O–H groups in total. The molecule has 6 heteroatoms. The van der Waals surface area contributed by atoms with Crippen LogP contribution in [0.5, 0.6) is 0 Å². The predicted molar refractivity (Wildman–Crippen MR) is 96.0 cm³/mol. The highest BCUT2D eigenvalue weighted by Crippen LogP contribution is 2.33. The molecule has 0 radical (unpaired) electrons. The topological polar surface area (TPSA) is 72.7 Å². The third-order valence-corrected chi connectivity index (χ3v) is 4.78. The highest BCUT2D eigenvalue weighted by molar-refractivity contribution is 5.76. The number of rotatable bonds is 4. The van der Waals surface area contributed by atoms with E-state index in [1.165, 1.54) is 0 Å². The highest BCUT2D eigenvalue weighted by Gasteiger charge is 2.30. The van der Waals surface area contributed by atoms with Crippen molar-refractivity contribution in [2.24, 2.45) is 5.41 Å². The second-order valence-corrected chi connectivity index (χ2v) is 7.92. The monoisotopic (exact) mass is 341 g/mol. The first-order valence-corrected chi connectivity index (χ1v) is 8.98. The summed E-state index contributed by atoms with van der Waals surface area (Å²) in [7, 11) is 0. The van der Waals surface area contributed by atoms with Gasteiger partial charge in [-0.25, -0.2) is 4.68 Å². The van der Waals surface area contributed by atoms with E-state index in [9.17, 15) is 4.79 Å². The zero-order valence-corrected chi connectivity index (χ0v) is 15.5. The molecule has 134 valence electrons. The van der Waals surface area contributed by atoms with Crippen LogP contribution in [0.25, 0.3) is 0 Å². The van der Waals surface area contributed by atoms with E-state index in [4.69, 9.17) is 0 Å². The Bertz CT molecular complexity index is 759. The van der Waals surface area contributed by atoms with Crippen molar-refractivity contribution < 1.29 is 4.79 Å². The van der Waals surface area contributed by atoms with E-state index in [0.717, 1.165) is 48.3 Å². The van der Waals surface area contributed by atoms with Crippen molar-refractivity contribution in [3.63, 3.8) is 0 Å². The Hall–Kier alpha value is -2.24. The average molecular weight is 341 g/mol. The summed E-state index contributed by atoms with van der Waals surface area (Å²) < 4.78 is 1.76. The molecule has 0 fully saturated rings. The Labute approximate surface area is 149 Å². The maximum atomic E-state index is 12.7. The minimum Gasteiger partial charge on any atom is -0.346 e. The Morgan fingerprint density at radius 1 is 1.32 bits per heavy atom. The first-order valence-electron chi connectivity index (χ1n) is 8.98. The lowest BCUT2D eigenvalue weighted by Gasteiger charge is -2.32. The largest absolute Gasteiger partial charge is 0.346 e. The zero-order chi connectivity index (χ0) is 18.0. The maximum absolute atomic E-state index is 12.7. The number of aryl methyl sites for hydroxylation is 2. The summed E-state index contributed by atoms with van der Waals surface area (Å²) in [6.07, 6.45) is 6.00. The first kappa shape index (κ1) is 17.6. The smallest absolute Gasteiger partial charge is 0.242 e. The van der Waals surface area contributed by atoms with Crippen molar-refractivity contribution >= 4 is 5.91 Å². The summed E-state index contributed by atoms with van der Waals surface area (Å²) in [5, 5.41) is 11.6. The molecule has 0 aromatic carbocycles. The number of fused-ring (bicyclic) bond motifs is 1. The predicted octanol–water partition coefficient (Wildman–Crippen LogP) is 2.76. The minimum atomic E-state index is -0.152. The van der Waals surface area contributed by atoms with Crippen LogP contribution in [0.1, 0.15) is 62.3 Å². The number of pyridine rings is 1. The lowest BCUT2D eigenvalue weighted by Crippen LogP contribution is -2.39. The molecule has 3 rings (SSSR count). The molecule has 0 spiro atoms. The van der Waals surface area contributed by atoms with E-state index < -0.39 is 0 Å². The van der Waals surface area contributed by atoms with E-state index in [0.29, 0.717) is 0 Å². The highest BCUT2D eigenvalue weighted by atomic mass is 16.2. The van der Waals surface area contributed by atoms with Crippen LogP contribution in [-0.4, -0.2) is 25.9 Å². The Morgan fingerprint density at radius 2 is 2.08 bits per heavy atom. The third kappa shape index (κ3) is 3.89. The molecule has 1 amide bonds. The Morgan fingerprint density at radius 3 is 2.80 bits per heavy atom. The standard InChI is InChI=1S/C19H27N5O/c1-13-8-7-11-20-17(13)18(19(2,3)4)21-16(25)12-24-15-10-6-5-9-14(15)22-23-24/h7-8,11,18H,5-6,9-10,12H2,1-4H3,(H,21,25). The maximum Gasteiger partial charge on any atom is 0.242 e. The molecule has 0 bridgehead atoms. The second-order valence-electron chi connectivity index (χ2n) is 7.92. The van der Waals surface area contributed by atoms with Gasteiger partial charge < -0.3 is 5.32 Å². The number of nitrogens with one attached hydrogen (secondary N) is 1. The minimum absolute atomic E-state index is 0.0525. The molecule has 2 aromatic rings. The van der Waals surface area contributed by atoms with E-state index in [1.807, 2.05) is 19.1 Å². The molecule has 6 nitrogen and oxygen atoms in total. The van der Waals surface area contributed by atoms with Gasteiger partial charge in [0.2, 0.25) is 5.91 Å². The van der Waals surface area contributed by atoms with Crippen molar-refractivity contribution in [2.45, 2.75) is 66.0 Å². The molecule has 1 unspecified atom stereocenters. The quantitative estimate of drug-likeness (QED) is 0.928. The molecular weight excluding hydrogens is 314 g/mol. The van der Waals surface area contributed by atoms with Crippen LogP contribution in [-0.2, 0) is 24.2 Å². The fourth-order valence-corrected chi connectivity index (χ4v) is 3.39. The average Bonchev–Trinajstić information content (AvgIpc) is 2.96. The normalized spacial score (nSPS) is 15.5. The summed E-state index contributed by atoms with van der Waals surface area (Å²) in [6, 6.07) is 3.80. The van der Waals surface area contributed by atoms with Crippen molar-refractivity contribution in [3.8, 4) is 0 Å². The number of hydrogen-bond acceptors (Lipinski definition) is 4. The van der Waals surface area contributed by atoms with Gasteiger partial charge in [0.25, 0.3) is 0 Å². The van der Waals surface area contributed by atoms with Gasteiger partial charge in [-0.1, -0.05) is 32.1 Å². The van der Waals surface area contributed by atoms with Gasteiger partial charge in [0.1, 0.15) is 6.54 Å².